The summed E-state index contributed by atoms with van der Waals surface area (Å²) >= 11 is 3.21. The summed E-state index contributed by atoms with van der Waals surface area (Å²) in [5, 5.41) is 2.58. The van der Waals surface area contributed by atoms with Crippen LogP contribution < -0.4 is 5.32 Å². The molecule has 0 aliphatic carbocycles. The number of esters is 1. The van der Waals surface area contributed by atoms with Crippen molar-refractivity contribution in [2.75, 3.05) is 11.9 Å². The number of amides is 1. The number of ketones is 1. The van der Waals surface area contributed by atoms with Crippen molar-refractivity contribution in [2.24, 2.45) is 0 Å². The Morgan fingerprint density at radius 2 is 1.85 bits per heavy atom. The van der Waals surface area contributed by atoms with Crippen LogP contribution in [-0.4, -0.2) is 24.3 Å². The van der Waals surface area contributed by atoms with E-state index in [1.807, 2.05) is 0 Å². The second-order valence-electron chi connectivity index (χ2n) is 5.29. The van der Waals surface area contributed by atoms with Crippen LogP contribution in [0.2, 0.25) is 0 Å². The third-order valence-corrected chi connectivity index (χ3v) is 3.72. The predicted octanol–water partition coefficient (Wildman–Crippen LogP) is 3.99. The van der Waals surface area contributed by atoms with Gasteiger partial charge in [0.1, 0.15) is 5.82 Å². The first-order valence-electron chi connectivity index (χ1n) is 7.56. The molecule has 0 unspecified atom stereocenters. The van der Waals surface area contributed by atoms with Gasteiger partial charge in [-0.2, -0.15) is 0 Å². The van der Waals surface area contributed by atoms with Crippen molar-refractivity contribution in [1.82, 2.24) is 0 Å². The lowest BCUT2D eigenvalue weighted by Crippen LogP contribution is -2.13. The molecule has 26 heavy (non-hydrogen) atoms. The molecule has 0 heterocycles. The number of carbonyl (C=O) groups is 3. The average molecular weight is 420 g/mol. The fourth-order valence-corrected chi connectivity index (χ4v) is 2.39. The first kappa shape index (κ1) is 19.5. The van der Waals surface area contributed by atoms with Crippen LogP contribution in [0.25, 0.3) is 6.08 Å². The van der Waals surface area contributed by atoms with Gasteiger partial charge >= 0.3 is 5.97 Å². The molecule has 0 saturated carbocycles. The van der Waals surface area contributed by atoms with E-state index in [2.05, 4.69) is 21.2 Å². The second kappa shape index (κ2) is 9.05. The molecule has 2 rings (SSSR count). The molecule has 0 aliphatic heterocycles. The number of hydrogen-bond donors (Lipinski definition) is 1. The zero-order valence-corrected chi connectivity index (χ0v) is 15.4. The lowest BCUT2D eigenvalue weighted by molar-refractivity contribution is -0.136. The summed E-state index contributed by atoms with van der Waals surface area (Å²) in [5.74, 6) is -1.85. The van der Waals surface area contributed by atoms with Crippen LogP contribution >= 0.6 is 15.9 Å². The molecule has 134 valence electrons. The van der Waals surface area contributed by atoms with Gasteiger partial charge in [-0.25, -0.2) is 9.18 Å². The van der Waals surface area contributed by atoms with Crippen LogP contribution in [0.3, 0.4) is 0 Å². The van der Waals surface area contributed by atoms with Crippen LogP contribution in [0.5, 0.6) is 0 Å². The number of anilines is 1. The van der Waals surface area contributed by atoms with E-state index in [9.17, 15) is 18.8 Å². The fraction of sp³-hybridized carbons (Fsp3) is 0.105. The predicted molar refractivity (Wildman–Crippen MR) is 99.2 cm³/mol. The number of rotatable bonds is 6. The highest BCUT2D eigenvalue weighted by atomic mass is 79.9. The van der Waals surface area contributed by atoms with Crippen molar-refractivity contribution < 1.29 is 23.5 Å². The largest absolute Gasteiger partial charge is 0.454 e. The Morgan fingerprint density at radius 3 is 2.50 bits per heavy atom. The molecule has 0 fully saturated rings. The molecule has 5 nitrogen and oxygen atoms in total. The minimum Gasteiger partial charge on any atom is -0.454 e. The van der Waals surface area contributed by atoms with Gasteiger partial charge in [-0.05, 0) is 48.5 Å². The molecule has 0 spiro atoms. The van der Waals surface area contributed by atoms with Crippen LogP contribution in [0.15, 0.2) is 53.0 Å². The van der Waals surface area contributed by atoms with Crippen molar-refractivity contribution in [2.45, 2.75) is 6.92 Å². The standard InChI is InChI=1S/C19H15BrFNO4/c1-12(23)22-16-6-2-13(3-7-16)18(24)11-26-19(25)9-4-14-10-15(20)5-8-17(14)21/h2-10H,11H2,1H3,(H,22,23)/b9-4+. The lowest BCUT2D eigenvalue weighted by atomic mass is 10.1. The molecule has 0 atom stereocenters. The summed E-state index contributed by atoms with van der Waals surface area (Å²) in [6.07, 6.45) is 2.33. The Kier molecular flexibility index (Phi) is 6.80. The molecule has 2 aromatic carbocycles. The van der Waals surface area contributed by atoms with Crippen molar-refractivity contribution >= 4 is 45.4 Å². The van der Waals surface area contributed by atoms with Crippen molar-refractivity contribution in [3.8, 4) is 0 Å². The van der Waals surface area contributed by atoms with Gasteiger partial charge in [0.15, 0.2) is 12.4 Å². The molecule has 7 heteroatoms. The lowest BCUT2D eigenvalue weighted by Gasteiger charge is -2.04. The van der Waals surface area contributed by atoms with Crippen LogP contribution in [0.1, 0.15) is 22.8 Å². The van der Waals surface area contributed by atoms with Crippen molar-refractivity contribution in [3.63, 3.8) is 0 Å². The van der Waals surface area contributed by atoms with Gasteiger partial charge in [0, 0.05) is 34.3 Å². The minimum absolute atomic E-state index is 0.216. The summed E-state index contributed by atoms with van der Waals surface area (Å²) < 4.78 is 19.1. The normalized spacial score (nSPS) is 10.6. The monoisotopic (exact) mass is 419 g/mol. The Balaban J connectivity index is 1.90. The second-order valence-corrected chi connectivity index (χ2v) is 6.20. The highest BCUT2D eigenvalue weighted by Crippen LogP contribution is 2.16. The molecule has 0 saturated heterocycles. The van der Waals surface area contributed by atoms with E-state index in [1.54, 1.807) is 18.2 Å². The Hall–Kier alpha value is -2.80. The number of Topliss-reactive ketones (excluding diaryl/α,β-unsaturated/α-hetero) is 1. The van der Waals surface area contributed by atoms with Crippen LogP contribution in [0, 0.1) is 5.82 Å². The van der Waals surface area contributed by atoms with E-state index in [-0.39, 0.29) is 11.5 Å². The van der Waals surface area contributed by atoms with Gasteiger partial charge in [0.25, 0.3) is 0 Å². The van der Waals surface area contributed by atoms with Gasteiger partial charge in [-0.15, -0.1) is 0 Å². The maximum Gasteiger partial charge on any atom is 0.331 e. The van der Waals surface area contributed by atoms with E-state index >= 15 is 0 Å². The van der Waals surface area contributed by atoms with Gasteiger partial charge < -0.3 is 10.1 Å². The molecule has 1 N–H and O–H groups in total. The maximum absolute atomic E-state index is 13.6. The quantitative estimate of drug-likeness (QED) is 0.436. The summed E-state index contributed by atoms with van der Waals surface area (Å²) in [4.78, 5) is 34.6. The molecular formula is C19H15BrFNO4. The SMILES string of the molecule is CC(=O)Nc1ccc(C(=O)COC(=O)/C=C/c2cc(Br)ccc2F)cc1. The van der Waals surface area contributed by atoms with E-state index in [0.717, 1.165) is 6.08 Å². The van der Waals surface area contributed by atoms with Gasteiger partial charge in [-0.1, -0.05) is 15.9 Å². The third-order valence-electron chi connectivity index (χ3n) is 3.23. The average Bonchev–Trinajstić information content (AvgIpc) is 2.60. The van der Waals surface area contributed by atoms with Crippen molar-refractivity contribution in [1.29, 1.82) is 0 Å². The van der Waals surface area contributed by atoms with Crippen LogP contribution in [0.4, 0.5) is 10.1 Å². The molecule has 0 bridgehead atoms. The Morgan fingerprint density at radius 1 is 1.15 bits per heavy atom. The number of benzene rings is 2. The maximum atomic E-state index is 13.6. The number of hydrogen-bond acceptors (Lipinski definition) is 4. The summed E-state index contributed by atoms with van der Waals surface area (Å²) in [6.45, 7) is 0.940. The summed E-state index contributed by atoms with van der Waals surface area (Å²) in [6, 6.07) is 10.5. The van der Waals surface area contributed by atoms with E-state index in [4.69, 9.17) is 4.74 Å². The Bertz CT molecular complexity index is 862. The van der Waals surface area contributed by atoms with Gasteiger partial charge in [0.05, 0.1) is 0 Å². The van der Waals surface area contributed by atoms with E-state index in [1.165, 1.54) is 37.3 Å². The molecule has 0 aromatic heterocycles. The first-order valence-corrected chi connectivity index (χ1v) is 8.35. The zero-order chi connectivity index (χ0) is 19.1. The van der Waals surface area contributed by atoms with Gasteiger partial charge in [-0.3, -0.25) is 9.59 Å². The van der Waals surface area contributed by atoms with E-state index < -0.39 is 24.2 Å². The first-order chi connectivity index (χ1) is 12.3. The smallest absolute Gasteiger partial charge is 0.331 e. The summed E-state index contributed by atoms with van der Waals surface area (Å²) in [5.41, 5.74) is 1.12. The number of ether oxygens (including phenoxy) is 1. The van der Waals surface area contributed by atoms with Crippen molar-refractivity contribution in [3.05, 3.63) is 70.0 Å². The number of carbonyl (C=O) groups excluding carboxylic acids is 3. The highest BCUT2D eigenvalue weighted by molar-refractivity contribution is 9.10. The summed E-state index contributed by atoms with van der Waals surface area (Å²) in [7, 11) is 0. The van der Waals surface area contributed by atoms with E-state index in [0.29, 0.717) is 15.7 Å². The molecule has 2 aromatic rings. The number of halogens is 2. The molecule has 1 amide bonds. The fourth-order valence-electron chi connectivity index (χ4n) is 2.01. The topological polar surface area (TPSA) is 72.5 Å². The molecular weight excluding hydrogens is 405 g/mol. The molecule has 0 aliphatic rings. The highest BCUT2D eigenvalue weighted by Gasteiger charge is 2.09. The Labute approximate surface area is 158 Å². The minimum atomic E-state index is -0.757. The van der Waals surface area contributed by atoms with Gasteiger partial charge in [0.2, 0.25) is 5.91 Å². The third kappa shape index (κ3) is 5.93. The number of nitrogens with one attached hydrogen (secondary N) is 1. The van der Waals surface area contributed by atoms with Crippen LogP contribution in [-0.2, 0) is 14.3 Å². The molecule has 0 radical (unpaired) electrons. The zero-order valence-electron chi connectivity index (χ0n) is 13.8.